The van der Waals surface area contributed by atoms with Gasteiger partial charge in [0.15, 0.2) is 0 Å². The first-order chi connectivity index (χ1) is 6.40. The summed E-state index contributed by atoms with van der Waals surface area (Å²) in [5.41, 5.74) is 0.967. The topological polar surface area (TPSA) is 38.9 Å². The van der Waals surface area contributed by atoms with E-state index in [9.17, 15) is 0 Å². The molecule has 0 atom stereocenters. The zero-order valence-corrected chi connectivity index (χ0v) is 7.40. The predicted octanol–water partition coefficient (Wildman–Crippen LogP) is 2.30. The van der Waals surface area contributed by atoms with Crippen molar-refractivity contribution in [2.75, 3.05) is 0 Å². The van der Waals surface area contributed by atoms with Gasteiger partial charge < -0.3 is 4.42 Å². The van der Waals surface area contributed by atoms with E-state index >= 15 is 0 Å². The maximum absolute atomic E-state index is 5.40. The predicted molar refractivity (Wildman–Crippen MR) is 49.1 cm³/mol. The van der Waals surface area contributed by atoms with Crippen LogP contribution in [0.3, 0.4) is 0 Å². The molecule has 2 aromatic rings. The Kier molecular flexibility index (Phi) is 2.08. The number of aryl methyl sites for hydroxylation is 1. The van der Waals surface area contributed by atoms with Crippen molar-refractivity contribution in [1.82, 2.24) is 10.2 Å². The van der Waals surface area contributed by atoms with E-state index in [1.807, 2.05) is 37.3 Å². The van der Waals surface area contributed by atoms with E-state index in [2.05, 4.69) is 10.2 Å². The van der Waals surface area contributed by atoms with Crippen molar-refractivity contribution in [2.45, 2.75) is 13.3 Å². The van der Waals surface area contributed by atoms with Crippen molar-refractivity contribution in [2.24, 2.45) is 0 Å². The Bertz CT molecular complexity index is 381. The zero-order chi connectivity index (χ0) is 9.10. The number of nitrogens with zero attached hydrogens (tertiary/aromatic N) is 2. The van der Waals surface area contributed by atoms with Crippen LogP contribution in [0.4, 0.5) is 0 Å². The van der Waals surface area contributed by atoms with Gasteiger partial charge >= 0.3 is 0 Å². The molecule has 0 fully saturated rings. The fraction of sp³-hybridized carbons (Fsp3) is 0.200. The quantitative estimate of drug-likeness (QED) is 0.701. The monoisotopic (exact) mass is 174 g/mol. The smallest absolute Gasteiger partial charge is 0.247 e. The minimum absolute atomic E-state index is 0.595. The Morgan fingerprint density at radius 1 is 1.15 bits per heavy atom. The lowest BCUT2D eigenvalue weighted by Crippen LogP contribution is -1.76. The average Bonchev–Trinajstić information content (AvgIpc) is 2.67. The molecule has 1 aromatic carbocycles. The number of hydrogen-bond acceptors (Lipinski definition) is 3. The maximum atomic E-state index is 5.40. The van der Waals surface area contributed by atoms with E-state index in [4.69, 9.17) is 4.42 Å². The first-order valence-corrected chi connectivity index (χ1v) is 4.28. The molecule has 0 unspecified atom stereocenters. The van der Waals surface area contributed by atoms with Crippen LogP contribution in [0.25, 0.3) is 11.5 Å². The molecule has 0 aliphatic rings. The van der Waals surface area contributed by atoms with Crippen LogP contribution in [0, 0.1) is 0 Å². The SMILES string of the molecule is CCc1nnc(-c2ccccc2)o1. The molecule has 0 aliphatic carbocycles. The highest BCUT2D eigenvalue weighted by atomic mass is 16.4. The summed E-state index contributed by atoms with van der Waals surface area (Å²) in [4.78, 5) is 0. The second kappa shape index (κ2) is 3.39. The fourth-order valence-corrected chi connectivity index (χ4v) is 1.09. The summed E-state index contributed by atoms with van der Waals surface area (Å²) >= 11 is 0. The van der Waals surface area contributed by atoms with Gasteiger partial charge in [0.05, 0.1) is 0 Å². The van der Waals surface area contributed by atoms with E-state index in [0.717, 1.165) is 12.0 Å². The van der Waals surface area contributed by atoms with Gasteiger partial charge in [0.25, 0.3) is 0 Å². The molecule has 3 nitrogen and oxygen atoms in total. The molecule has 13 heavy (non-hydrogen) atoms. The van der Waals surface area contributed by atoms with Crippen LogP contribution in [0.15, 0.2) is 34.7 Å². The summed E-state index contributed by atoms with van der Waals surface area (Å²) in [6.07, 6.45) is 0.778. The minimum Gasteiger partial charge on any atom is -0.421 e. The molecule has 3 heteroatoms. The molecule has 1 aromatic heterocycles. The van der Waals surface area contributed by atoms with Gasteiger partial charge in [-0.15, -0.1) is 10.2 Å². The standard InChI is InChI=1S/C10H10N2O/c1-2-9-11-12-10(13-9)8-6-4-3-5-7-8/h3-7H,2H2,1H3. The van der Waals surface area contributed by atoms with Crippen molar-refractivity contribution < 1.29 is 4.42 Å². The molecule has 2 rings (SSSR count). The fourth-order valence-electron chi connectivity index (χ4n) is 1.09. The molecule has 0 saturated heterocycles. The third kappa shape index (κ3) is 1.59. The molecule has 0 radical (unpaired) electrons. The highest BCUT2D eigenvalue weighted by molar-refractivity contribution is 5.51. The van der Waals surface area contributed by atoms with Crippen molar-refractivity contribution in [3.8, 4) is 11.5 Å². The third-order valence-electron chi connectivity index (χ3n) is 1.79. The third-order valence-corrected chi connectivity index (χ3v) is 1.79. The van der Waals surface area contributed by atoms with Crippen LogP contribution in [-0.2, 0) is 6.42 Å². The van der Waals surface area contributed by atoms with E-state index < -0.39 is 0 Å². The second-order valence-corrected chi connectivity index (χ2v) is 2.72. The Labute approximate surface area is 76.4 Å². The van der Waals surface area contributed by atoms with Crippen LogP contribution < -0.4 is 0 Å². The largest absolute Gasteiger partial charge is 0.421 e. The van der Waals surface area contributed by atoms with Gasteiger partial charge in [-0.3, -0.25) is 0 Å². The van der Waals surface area contributed by atoms with E-state index in [1.54, 1.807) is 0 Å². The van der Waals surface area contributed by atoms with Gasteiger partial charge in [0, 0.05) is 12.0 Å². The van der Waals surface area contributed by atoms with Crippen molar-refractivity contribution in [1.29, 1.82) is 0 Å². The molecule has 0 spiro atoms. The van der Waals surface area contributed by atoms with Crippen molar-refractivity contribution in [3.05, 3.63) is 36.2 Å². The first-order valence-electron chi connectivity index (χ1n) is 4.28. The van der Waals surface area contributed by atoms with Crippen molar-refractivity contribution in [3.63, 3.8) is 0 Å². The lowest BCUT2D eigenvalue weighted by molar-refractivity contribution is 0.513. The highest BCUT2D eigenvalue weighted by Crippen LogP contribution is 2.16. The molecular weight excluding hydrogens is 164 g/mol. The summed E-state index contributed by atoms with van der Waals surface area (Å²) in [5, 5.41) is 7.83. The van der Waals surface area contributed by atoms with Crippen LogP contribution >= 0.6 is 0 Å². The summed E-state index contributed by atoms with van der Waals surface area (Å²) in [5.74, 6) is 1.27. The molecular formula is C10H10N2O. The van der Waals surface area contributed by atoms with E-state index in [-0.39, 0.29) is 0 Å². The van der Waals surface area contributed by atoms with Gasteiger partial charge in [-0.05, 0) is 12.1 Å². The second-order valence-electron chi connectivity index (χ2n) is 2.72. The van der Waals surface area contributed by atoms with Crippen LogP contribution in [-0.4, -0.2) is 10.2 Å². The zero-order valence-electron chi connectivity index (χ0n) is 7.40. The number of aromatic nitrogens is 2. The number of rotatable bonds is 2. The molecule has 0 amide bonds. The maximum Gasteiger partial charge on any atom is 0.247 e. The molecule has 0 aliphatic heterocycles. The van der Waals surface area contributed by atoms with Gasteiger partial charge in [0.2, 0.25) is 11.8 Å². The Balaban J connectivity index is 2.36. The average molecular weight is 174 g/mol. The summed E-state index contributed by atoms with van der Waals surface area (Å²) in [6, 6.07) is 9.76. The highest BCUT2D eigenvalue weighted by Gasteiger charge is 2.05. The number of benzene rings is 1. The summed E-state index contributed by atoms with van der Waals surface area (Å²) in [7, 11) is 0. The van der Waals surface area contributed by atoms with E-state index in [1.165, 1.54) is 0 Å². The Morgan fingerprint density at radius 3 is 2.54 bits per heavy atom. The lowest BCUT2D eigenvalue weighted by atomic mass is 10.2. The molecule has 0 bridgehead atoms. The van der Waals surface area contributed by atoms with Crippen LogP contribution in [0.5, 0.6) is 0 Å². The normalized spacial score (nSPS) is 10.2. The van der Waals surface area contributed by atoms with Crippen LogP contribution in [0.1, 0.15) is 12.8 Å². The first kappa shape index (κ1) is 7.98. The van der Waals surface area contributed by atoms with E-state index in [0.29, 0.717) is 11.8 Å². The van der Waals surface area contributed by atoms with Gasteiger partial charge in [-0.2, -0.15) is 0 Å². The molecule has 66 valence electrons. The molecule has 0 N–H and O–H groups in total. The summed E-state index contributed by atoms with van der Waals surface area (Å²) in [6.45, 7) is 1.99. The summed E-state index contributed by atoms with van der Waals surface area (Å²) < 4.78 is 5.40. The number of hydrogen-bond donors (Lipinski definition) is 0. The molecule has 0 saturated carbocycles. The Morgan fingerprint density at radius 2 is 1.92 bits per heavy atom. The minimum atomic E-state index is 0.595. The molecule has 1 heterocycles. The van der Waals surface area contributed by atoms with Crippen molar-refractivity contribution >= 4 is 0 Å². The van der Waals surface area contributed by atoms with Gasteiger partial charge in [-0.25, -0.2) is 0 Å². The lowest BCUT2D eigenvalue weighted by Gasteiger charge is -1.91. The van der Waals surface area contributed by atoms with Crippen LogP contribution in [0.2, 0.25) is 0 Å². The van der Waals surface area contributed by atoms with Gasteiger partial charge in [0.1, 0.15) is 0 Å². The Hall–Kier alpha value is -1.64. The van der Waals surface area contributed by atoms with Gasteiger partial charge in [-0.1, -0.05) is 25.1 Å².